The molecular formula is C13H18N4O2. The molecule has 2 aromatic heterocycles. The molecule has 2 heterocycles. The van der Waals surface area contributed by atoms with E-state index in [-0.39, 0.29) is 5.56 Å². The molecule has 0 aliphatic carbocycles. The van der Waals surface area contributed by atoms with Gasteiger partial charge in [-0.25, -0.2) is 4.98 Å². The van der Waals surface area contributed by atoms with Crippen LogP contribution >= 0.6 is 0 Å². The molecule has 0 aliphatic heterocycles. The summed E-state index contributed by atoms with van der Waals surface area (Å²) < 4.78 is 8.57. The molecule has 19 heavy (non-hydrogen) atoms. The molecule has 0 saturated heterocycles. The first-order valence-corrected chi connectivity index (χ1v) is 6.09. The summed E-state index contributed by atoms with van der Waals surface area (Å²) in [6.07, 6.45) is 5.38. The van der Waals surface area contributed by atoms with Crippen molar-refractivity contribution in [1.29, 1.82) is 0 Å². The SMILES string of the molecule is COCCn1cc(NCc2cncn2C)ccc1=O. The van der Waals surface area contributed by atoms with Crippen molar-refractivity contribution >= 4 is 5.69 Å². The fourth-order valence-electron chi connectivity index (χ4n) is 1.75. The fourth-order valence-corrected chi connectivity index (χ4v) is 1.75. The lowest BCUT2D eigenvalue weighted by molar-refractivity contribution is 0.186. The molecular weight excluding hydrogens is 244 g/mol. The third-order valence-corrected chi connectivity index (χ3v) is 2.91. The second-order valence-corrected chi connectivity index (χ2v) is 4.29. The van der Waals surface area contributed by atoms with E-state index in [2.05, 4.69) is 10.3 Å². The zero-order chi connectivity index (χ0) is 13.7. The molecule has 102 valence electrons. The Morgan fingerprint density at radius 1 is 1.42 bits per heavy atom. The lowest BCUT2D eigenvalue weighted by Crippen LogP contribution is -2.21. The summed E-state index contributed by atoms with van der Waals surface area (Å²) >= 11 is 0. The van der Waals surface area contributed by atoms with Gasteiger partial charge in [0.05, 0.1) is 30.9 Å². The third kappa shape index (κ3) is 3.45. The van der Waals surface area contributed by atoms with Gasteiger partial charge >= 0.3 is 0 Å². The van der Waals surface area contributed by atoms with Gasteiger partial charge in [0.1, 0.15) is 0 Å². The summed E-state index contributed by atoms with van der Waals surface area (Å²) in [5.41, 5.74) is 1.95. The predicted octanol–water partition coefficient (Wildman–Crippen LogP) is 0.840. The Bertz CT molecular complexity index is 588. The summed E-state index contributed by atoms with van der Waals surface area (Å²) in [5.74, 6) is 0. The minimum Gasteiger partial charge on any atom is -0.383 e. The van der Waals surface area contributed by atoms with Gasteiger partial charge in [0.25, 0.3) is 5.56 Å². The van der Waals surface area contributed by atoms with Crippen LogP contribution in [0.2, 0.25) is 0 Å². The summed E-state index contributed by atoms with van der Waals surface area (Å²) in [6, 6.07) is 3.34. The fraction of sp³-hybridized carbons (Fsp3) is 0.385. The van der Waals surface area contributed by atoms with Gasteiger partial charge < -0.3 is 19.2 Å². The van der Waals surface area contributed by atoms with Gasteiger partial charge in [-0.1, -0.05) is 0 Å². The molecule has 0 radical (unpaired) electrons. The number of anilines is 1. The number of hydrogen-bond acceptors (Lipinski definition) is 4. The van der Waals surface area contributed by atoms with Crippen molar-refractivity contribution in [2.24, 2.45) is 7.05 Å². The molecule has 2 aromatic rings. The Hall–Kier alpha value is -2.08. The van der Waals surface area contributed by atoms with Crippen molar-refractivity contribution in [3.05, 3.63) is 46.9 Å². The number of aromatic nitrogens is 3. The molecule has 0 spiro atoms. The number of rotatable bonds is 6. The molecule has 0 aliphatic rings. The van der Waals surface area contributed by atoms with Crippen LogP contribution in [0.25, 0.3) is 0 Å². The number of nitrogens with zero attached hydrogens (tertiary/aromatic N) is 3. The molecule has 0 amide bonds. The molecule has 0 fully saturated rings. The average molecular weight is 262 g/mol. The Labute approximate surface area is 111 Å². The van der Waals surface area contributed by atoms with E-state index in [1.165, 1.54) is 0 Å². The van der Waals surface area contributed by atoms with Crippen LogP contribution in [0.3, 0.4) is 0 Å². The van der Waals surface area contributed by atoms with Crippen molar-refractivity contribution < 1.29 is 4.74 Å². The number of nitrogens with one attached hydrogen (secondary N) is 1. The molecule has 0 bridgehead atoms. The largest absolute Gasteiger partial charge is 0.383 e. The molecule has 1 N–H and O–H groups in total. The number of ether oxygens (including phenoxy) is 1. The minimum absolute atomic E-state index is 0.0249. The maximum Gasteiger partial charge on any atom is 0.250 e. The van der Waals surface area contributed by atoms with Crippen LogP contribution in [-0.4, -0.2) is 27.8 Å². The Morgan fingerprint density at radius 2 is 2.26 bits per heavy atom. The summed E-state index contributed by atoms with van der Waals surface area (Å²) in [5, 5.41) is 3.27. The van der Waals surface area contributed by atoms with Crippen molar-refractivity contribution in [3.8, 4) is 0 Å². The quantitative estimate of drug-likeness (QED) is 0.838. The third-order valence-electron chi connectivity index (χ3n) is 2.91. The second kappa shape index (κ2) is 6.19. The standard InChI is InChI=1S/C13H18N4O2/c1-16-10-14-7-12(16)8-15-11-3-4-13(18)17(9-11)5-6-19-2/h3-4,7,9-10,15H,5-6,8H2,1-2H3. The topological polar surface area (TPSA) is 61.1 Å². The summed E-state index contributed by atoms with van der Waals surface area (Å²) in [7, 11) is 3.57. The highest BCUT2D eigenvalue weighted by molar-refractivity contribution is 5.40. The van der Waals surface area contributed by atoms with Crippen molar-refractivity contribution in [2.45, 2.75) is 13.1 Å². The monoisotopic (exact) mass is 262 g/mol. The first kappa shape index (κ1) is 13.4. The molecule has 2 rings (SSSR count). The Kier molecular flexibility index (Phi) is 4.35. The Morgan fingerprint density at radius 3 is 2.95 bits per heavy atom. The maximum absolute atomic E-state index is 11.6. The van der Waals surface area contributed by atoms with Gasteiger partial charge in [-0.15, -0.1) is 0 Å². The van der Waals surface area contributed by atoms with Crippen LogP contribution in [0.5, 0.6) is 0 Å². The van der Waals surface area contributed by atoms with E-state index in [9.17, 15) is 4.79 Å². The van der Waals surface area contributed by atoms with Crippen LogP contribution < -0.4 is 10.9 Å². The number of methoxy groups -OCH3 is 1. The average Bonchev–Trinajstić information content (AvgIpc) is 2.82. The Balaban J connectivity index is 2.04. The van der Waals surface area contributed by atoms with Crippen molar-refractivity contribution in [2.75, 3.05) is 19.0 Å². The van der Waals surface area contributed by atoms with Gasteiger partial charge in [-0.05, 0) is 6.07 Å². The summed E-state index contributed by atoms with van der Waals surface area (Å²) in [4.78, 5) is 15.7. The van der Waals surface area contributed by atoms with E-state index >= 15 is 0 Å². The summed E-state index contributed by atoms with van der Waals surface area (Å²) in [6.45, 7) is 1.74. The maximum atomic E-state index is 11.6. The highest BCUT2D eigenvalue weighted by atomic mass is 16.5. The smallest absolute Gasteiger partial charge is 0.250 e. The van der Waals surface area contributed by atoms with Gasteiger partial charge in [0.15, 0.2) is 0 Å². The van der Waals surface area contributed by atoms with Gasteiger partial charge in [-0.2, -0.15) is 0 Å². The molecule has 6 nitrogen and oxygen atoms in total. The predicted molar refractivity (Wildman–Crippen MR) is 73.1 cm³/mol. The second-order valence-electron chi connectivity index (χ2n) is 4.29. The molecule has 0 unspecified atom stereocenters. The zero-order valence-electron chi connectivity index (χ0n) is 11.2. The van der Waals surface area contributed by atoms with E-state index in [0.29, 0.717) is 19.7 Å². The van der Waals surface area contributed by atoms with Crippen molar-refractivity contribution in [1.82, 2.24) is 14.1 Å². The normalized spacial score (nSPS) is 10.6. The van der Waals surface area contributed by atoms with E-state index < -0.39 is 0 Å². The van der Waals surface area contributed by atoms with E-state index in [0.717, 1.165) is 11.4 Å². The van der Waals surface area contributed by atoms with Crippen LogP contribution in [0.1, 0.15) is 5.69 Å². The lowest BCUT2D eigenvalue weighted by Gasteiger charge is -2.10. The first-order valence-electron chi connectivity index (χ1n) is 6.09. The van der Waals surface area contributed by atoms with Crippen LogP contribution in [0, 0.1) is 0 Å². The van der Waals surface area contributed by atoms with Crippen LogP contribution in [-0.2, 0) is 24.9 Å². The molecule has 6 heteroatoms. The van der Waals surface area contributed by atoms with Crippen molar-refractivity contribution in [3.63, 3.8) is 0 Å². The van der Waals surface area contributed by atoms with Crippen LogP contribution in [0.15, 0.2) is 35.6 Å². The van der Waals surface area contributed by atoms with Crippen LogP contribution in [0.4, 0.5) is 5.69 Å². The lowest BCUT2D eigenvalue weighted by atomic mass is 10.3. The zero-order valence-corrected chi connectivity index (χ0v) is 11.2. The van der Waals surface area contributed by atoms with E-state index in [1.54, 1.807) is 36.3 Å². The van der Waals surface area contributed by atoms with Gasteiger partial charge in [0.2, 0.25) is 0 Å². The molecule has 0 atom stereocenters. The van der Waals surface area contributed by atoms with E-state index in [4.69, 9.17) is 4.74 Å². The number of aryl methyl sites for hydroxylation is 1. The van der Waals surface area contributed by atoms with Gasteiger partial charge in [0, 0.05) is 39.2 Å². The van der Waals surface area contributed by atoms with E-state index in [1.807, 2.05) is 17.8 Å². The number of pyridine rings is 1. The van der Waals surface area contributed by atoms with Gasteiger partial charge in [-0.3, -0.25) is 4.79 Å². The number of hydrogen-bond donors (Lipinski definition) is 1. The first-order chi connectivity index (χ1) is 9.20. The number of imidazole rings is 1. The molecule has 0 aromatic carbocycles. The highest BCUT2D eigenvalue weighted by Crippen LogP contribution is 2.06. The molecule has 0 saturated carbocycles. The highest BCUT2D eigenvalue weighted by Gasteiger charge is 2.01. The minimum atomic E-state index is -0.0249.